The van der Waals surface area contributed by atoms with Crippen molar-refractivity contribution in [3.8, 4) is 0 Å². The summed E-state index contributed by atoms with van der Waals surface area (Å²) in [6.07, 6.45) is 7.78. The summed E-state index contributed by atoms with van der Waals surface area (Å²) in [5.41, 5.74) is 3.64. The van der Waals surface area contributed by atoms with E-state index in [9.17, 15) is 4.79 Å². The van der Waals surface area contributed by atoms with E-state index in [0.29, 0.717) is 24.0 Å². The number of hydrogen-bond acceptors (Lipinski definition) is 2. The number of hydrogen-bond donors (Lipinski definition) is 2. The van der Waals surface area contributed by atoms with Gasteiger partial charge in [-0.1, -0.05) is 6.07 Å². The number of nitrogens with one attached hydrogen (secondary N) is 2. The van der Waals surface area contributed by atoms with Crippen molar-refractivity contribution in [2.75, 3.05) is 5.32 Å². The fourth-order valence-corrected chi connectivity index (χ4v) is 4.92. The Morgan fingerprint density at radius 2 is 1.77 bits per heavy atom. The van der Waals surface area contributed by atoms with E-state index >= 15 is 0 Å². The molecule has 0 spiro atoms. The molecule has 2 bridgehead atoms. The van der Waals surface area contributed by atoms with Gasteiger partial charge in [0.2, 0.25) is 5.91 Å². The van der Waals surface area contributed by atoms with Crippen LogP contribution in [0.15, 0.2) is 18.2 Å². The minimum absolute atomic E-state index is 0.275. The Balaban J connectivity index is 1.42. The number of anilines is 1. The predicted molar refractivity (Wildman–Crippen MR) is 109 cm³/mol. The molecule has 1 saturated carbocycles. The van der Waals surface area contributed by atoms with Crippen LogP contribution in [0.5, 0.6) is 0 Å². The van der Waals surface area contributed by atoms with E-state index in [4.69, 9.17) is 12.2 Å². The van der Waals surface area contributed by atoms with Gasteiger partial charge in [-0.15, -0.1) is 0 Å². The first kappa shape index (κ1) is 17.8. The maximum atomic E-state index is 12.1. The molecule has 26 heavy (non-hydrogen) atoms. The zero-order valence-corrected chi connectivity index (χ0v) is 16.6. The molecule has 0 radical (unpaired) electrons. The molecule has 2 N–H and O–H groups in total. The lowest BCUT2D eigenvalue weighted by Crippen LogP contribution is -2.59. The number of piperidine rings is 2. The monoisotopic (exact) mass is 371 g/mol. The lowest BCUT2D eigenvalue weighted by molar-refractivity contribution is -0.123. The highest BCUT2D eigenvalue weighted by atomic mass is 32.1. The molecule has 2 heterocycles. The second-order valence-electron chi connectivity index (χ2n) is 8.33. The van der Waals surface area contributed by atoms with Crippen molar-refractivity contribution in [1.82, 2.24) is 10.2 Å². The standard InChI is InChI=1S/C21H29N3OS/c1-13-6-9-16(10-14(13)2)23-21(26)24-18-4-3-5-19(24)12-17(11-18)22-20(25)15-7-8-15/h6,9-10,15,17-19H,3-5,7-8,11-12H2,1-2H3,(H,22,25)(H,23,26)/t17?,18-,19+. The third-order valence-corrected chi connectivity index (χ3v) is 6.57. The number of carbonyl (C=O) groups excluding carboxylic acids is 1. The predicted octanol–water partition coefficient (Wildman–Crippen LogP) is 3.91. The minimum Gasteiger partial charge on any atom is -0.353 e. The Kier molecular flexibility index (Phi) is 4.91. The first-order valence-corrected chi connectivity index (χ1v) is 10.4. The van der Waals surface area contributed by atoms with Gasteiger partial charge in [0.25, 0.3) is 0 Å². The first-order chi connectivity index (χ1) is 12.5. The van der Waals surface area contributed by atoms with Crippen LogP contribution in [-0.2, 0) is 4.79 Å². The van der Waals surface area contributed by atoms with Crippen molar-refractivity contribution in [3.05, 3.63) is 29.3 Å². The molecule has 5 heteroatoms. The second-order valence-corrected chi connectivity index (χ2v) is 8.71. The number of amides is 1. The smallest absolute Gasteiger partial charge is 0.223 e. The molecule has 2 aliphatic heterocycles. The van der Waals surface area contributed by atoms with Gasteiger partial charge in [-0.25, -0.2) is 0 Å². The van der Waals surface area contributed by atoms with Crippen LogP contribution in [-0.4, -0.2) is 34.0 Å². The Morgan fingerprint density at radius 3 is 2.38 bits per heavy atom. The van der Waals surface area contributed by atoms with E-state index < -0.39 is 0 Å². The molecule has 4 nitrogen and oxygen atoms in total. The molecule has 1 aromatic carbocycles. The normalized spacial score (nSPS) is 27.8. The molecule has 1 aromatic rings. The van der Waals surface area contributed by atoms with Crippen LogP contribution in [0, 0.1) is 19.8 Å². The lowest BCUT2D eigenvalue weighted by Gasteiger charge is -2.50. The summed E-state index contributed by atoms with van der Waals surface area (Å²) < 4.78 is 0. The first-order valence-electron chi connectivity index (χ1n) is 9.98. The Bertz CT molecular complexity index is 701. The lowest BCUT2D eigenvalue weighted by atomic mass is 9.82. The summed E-state index contributed by atoms with van der Waals surface area (Å²) in [6.45, 7) is 4.26. The second kappa shape index (κ2) is 7.18. The molecule has 140 valence electrons. The number of carbonyl (C=O) groups is 1. The van der Waals surface area contributed by atoms with Crippen molar-refractivity contribution >= 4 is 28.9 Å². The van der Waals surface area contributed by atoms with E-state index in [1.54, 1.807) is 0 Å². The summed E-state index contributed by atoms with van der Waals surface area (Å²) in [4.78, 5) is 14.6. The van der Waals surface area contributed by atoms with Crippen molar-refractivity contribution < 1.29 is 4.79 Å². The third-order valence-electron chi connectivity index (χ3n) is 6.26. The van der Waals surface area contributed by atoms with Crippen molar-refractivity contribution in [2.24, 2.45) is 5.92 Å². The molecule has 1 aliphatic carbocycles. The van der Waals surface area contributed by atoms with Gasteiger partial charge in [-0.2, -0.15) is 0 Å². The van der Waals surface area contributed by atoms with Crippen molar-refractivity contribution in [1.29, 1.82) is 0 Å². The Hall–Kier alpha value is -1.62. The van der Waals surface area contributed by atoms with Gasteiger partial charge >= 0.3 is 0 Å². The molecule has 1 amide bonds. The zero-order chi connectivity index (χ0) is 18.3. The minimum atomic E-state index is 0.275. The zero-order valence-electron chi connectivity index (χ0n) is 15.8. The number of benzene rings is 1. The quantitative estimate of drug-likeness (QED) is 0.791. The molecule has 3 atom stereocenters. The highest BCUT2D eigenvalue weighted by molar-refractivity contribution is 7.80. The molecular weight excluding hydrogens is 342 g/mol. The van der Waals surface area contributed by atoms with Gasteiger partial charge in [0.1, 0.15) is 0 Å². The summed E-state index contributed by atoms with van der Waals surface area (Å²) in [6, 6.07) is 7.62. The van der Waals surface area contributed by atoms with Gasteiger partial charge in [0.15, 0.2) is 5.11 Å². The van der Waals surface area contributed by atoms with Crippen LogP contribution in [0.2, 0.25) is 0 Å². The van der Waals surface area contributed by atoms with E-state index in [-0.39, 0.29) is 5.91 Å². The highest BCUT2D eigenvalue weighted by Gasteiger charge is 2.41. The van der Waals surface area contributed by atoms with Gasteiger partial charge in [0, 0.05) is 29.7 Å². The van der Waals surface area contributed by atoms with Gasteiger partial charge in [-0.3, -0.25) is 4.79 Å². The van der Waals surface area contributed by atoms with Gasteiger partial charge in [-0.05, 0) is 94.3 Å². The number of thiocarbonyl (C=S) groups is 1. The fraction of sp³-hybridized carbons (Fsp3) is 0.619. The van der Waals surface area contributed by atoms with Crippen molar-refractivity contribution in [2.45, 2.75) is 76.9 Å². The number of fused-ring (bicyclic) bond motifs is 2. The largest absolute Gasteiger partial charge is 0.353 e. The summed E-state index contributed by atoms with van der Waals surface area (Å²) in [5.74, 6) is 0.567. The van der Waals surface area contributed by atoms with Crippen LogP contribution >= 0.6 is 12.2 Å². The maximum Gasteiger partial charge on any atom is 0.223 e. The average molecular weight is 372 g/mol. The molecular formula is C21H29N3OS. The molecule has 1 unspecified atom stereocenters. The number of rotatable bonds is 3. The topological polar surface area (TPSA) is 44.4 Å². The molecule has 3 fully saturated rings. The summed E-state index contributed by atoms with van der Waals surface area (Å²) in [5, 5.41) is 7.61. The molecule has 0 aromatic heterocycles. The SMILES string of the molecule is Cc1ccc(NC(=S)N2[C@@H]3CCC[C@H]2CC(NC(=O)C2CC2)C3)cc1C. The van der Waals surface area contributed by atoms with Crippen LogP contribution in [0.3, 0.4) is 0 Å². The average Bonchev–Trinajstić information content (AvgIpc) is 3.42. The van der Waals surface area contributed by atoms with E-state index in [1.165, 1.54) is 30.4 Å². The van der Waals surface area contributed by atoms with Gasteiger partial charge in [0.05, 0.1) is 0 Å². The van der Waals surface area contributed by atoms with E-state index in [0.717, 1.165) is 36.5 Å². The number of aryl methyl sites for hydroxylation is 2. The van der Waals surface area contributed by atoms with E-state index in [2.05, 4.69) is 47.6 Å². The van der Waals surface area contributed by atoms with Crippen LogP contribution < -0.4 is 10.6 Å². The highest BCUT2D eigenvalue weighted by Crippen LogP contribution is 2.36. The van der Waals surface area contributed by atoms with E-state index in [1.807, 2.05) is 0 Å². The Labute approximate surface area is 161 Å². The van der Waals surface area contributed by atoms with Crippen LogP contribution in [0.25, 0.3) is 0 Å². The van der Waals surface area contributed by atoms with Crippen molar-refractivity contribution in [3.63, 3.8) is 0 Å². The summed E-state index contributed by atoms with van der Waals surface area (Å²) in [7, 11) is 0. The number of nitrogens with zero attached hydrogens (tertiary/aromatic N) is 1. The molecule has 3 aliphatic rings. The van der Waals surface area contributed by atoms with Gasteiger partial charge < -0.3 is 15.5 Å². The molecule has 4 rings (SSSR count). The summed E-state index contributed by atoms with van der Waals surface area (Å²) >= 11 is 5.79. The van der Waals surface area contributed by atoms with Crippen LogP contribution in [0.1, 0.15) is 56.1 Å². The molecule has 2 saturated heterocycles. The fourth-order valence-electron chi connectivity index (χ4n) is 4.50. The van der Waals surface area contributed by atoms with Crippen LogP contribution in [0.4, 0.5) is 5.69 Å². The Morgan fingerprint density at radius 1 is 1.08 bits per heavy atom. The maximum absolute atomic E-state index is 12.1. The third kappa shape index (κ3) is 3.73.